The van der Waals surface area contributed by atoms with Gasteiger partial charge in [0.1, 0.15) is 11.6 Å². The smallest absolute Gasteiger partial charge is 0.303 e. The summed E-state index contributed by atoms with van der Waals surface area (Å²) in [5.74, 6) is -1.48. The van der Waals surface area contributed by atoms with E-state index in [2.05, 4.69) is 26.1 Å². The highest BCUT2D eigenvalue weighted by atomic mass is 79.9. The standard InChI is InChI=1S/C27H28BrClFN3O3/c1-16-24(20-14-18(28)9-10-22(20)32-26(16)33-12-3-2-4-13-33)27(36)31-15-17(8-11-23(34)35)19-6-5-7-21(30)25(19)29/h5-7,9-10,14,17H,2-4,8,11-13,15H2,1H3,(H,31,36)(H,34,35)/t17-/m0/s1. The van der Waals surface area contributed by atoms with Crippen molar-refractivity contribution in [1.29, 1.82) is 0 Å². The Kier molecular flexibility index (Phi) is 8.46. The number of rotatable bonds is 8. The summed E-state index contributed by atoms with van der Waals surface area (Å²) in [4.78, 5) is 32.0. The first kappa shape index (κ1) is 26.4. The molecule has 0 radical (unpaired) electrons. The molecule has 0 aliphatic carbocycles. The van der Waals surface area contributed by atoms with Gasteiger partial charge >= 0.3 is 5.97 Å². The summed E-state index contributed by atoms with van der Waals surface area (Å²) in [5, 5.41) is 12.9. The molecule has 0 bridgehead atoms. The monoisotopic (exact) mass is 575 g/mol. The molecule has 1 fully saturated rings. The van der Waals surface area contributed by atoms with Crippen LogP contribution in [0.25, 0.3) is 10.9 Å². The second-order valence-electron chi connectivity index (χ2n) is 9.13. The molecule has 1 atom stereocenters. The van der Waals surface area contributed by atoms with Gasteiger partial charge in [-0.1, -0.05) is 39.7 Å². The van der Waals surface area contributed by atoms with Gasteiger partial charge in [-0.05, 0) is 62.4 Å². The second-order valence-corrected chi connectivity index (χ2v) is 10.4. The van der Waals surface area contributed by atoms with Crippen molar-refractivity contribution in [3.63, 3.8) is 0 Å². The predicted octanol–water partition coefficient (Wildman–Crippen LogP) is 6.47. The number of piperidine rings is 1. The number of aromatic nitrogens is 1. The van der Waals surface area contributed by atoms with E-state index in [1.54, 1.807) is 6.07 Å². The molecule has 2 N–H and O–H groups in total. The van der Waals surface area contributed by atoms with Crippen LogP contribution in [0, 0.1) is 12.7 Å². The number of fused-ring (bicyclic) bond motifs is 1. The lowest BCUT2D eigenvalue weighted by Crippen LogP contribution is -2.33. The topological polar surface area (TPSA) is 82.5 Å². The van der Waals surface area contributed by atoms with Crippen LogP contribution < -0.4 is 10.2 Å². The molecule has 0 unspecified atom stereocenters. The molecular weight excluding hydrogens is 549 g/mol. The third-order valence-electron chi connectivity index (χ3n) is 6.68. The van der Waals surface area contributed by atoms with E-state index < -0.39 is 17.7 Å². The Bertz CT molecular complexity index is 1300. The van der Waals surface area contributed by atoms with Gasteiger partial charge in [-0.15, -0.1) is 0 Å². The molecule has 2 aromatic carbocycles. The largest absolute Gasteiger partial charge is 0.481 e. The quantitative estimate of drug-likeness (QED) is 0.321. The fraction of sp³-hybridized carbons (Fsp3) is 0.370. The van der Waals surface area contributed by atoms with Crippen LogP contribution in [0.15, 0.2) is 40.9 Å². The lowest BCUT2D eigenvalue weighted by atomic mass is 9.93. The van der Waals surface area contributed by atoms with Crippen LogP contribution in [-0.4, -0.2) is 41.6 Å². The average molecular weight is 577 g/mol. The number of nitrogens with zero attached hydrogens (tertiary/aromatic N) is 2. The van der Waals surface area contributed by atoms with Crippen LogP contribution in [-0.2, 0) is 4.79 Å². The lowest BCUT2D eigenvalue weighted by Gasteiger charge is -2.30. The summed E-state index contributed by atoms with van der Waals surface area (Å²) < 4.78 is 15.0. The number of halogens is 3. The molecule has 1 amide bonds. The number of anilines is 1. The highest BCUT2D eigenvalue weighted by Gasteiger charge is 2.24. The Morgan fingerprint density at radius 2 is 1.97 bits per heavy atom. The van der Waals surface area contributed by atoms with E-state index in [0.717, 1.165) is 52.7 Å². The minimum atomic E-state index is -0.967. The molecule has 1 aliphatic rings. The third-order valence-corrected chi connectivity index (χ3v) is 7.58. The maximum absolute atomic E-state index is 14.1. The Hall–Kier alpha value is -2.71. The van der Waals surface area contributed by atoms with E-state index in [-0.39, 0.29) is 30.3 Å². The molecule has 2 heterocycles. The first-order valence-corrected chi connectivity index (χ1v) is 13.2. The van der Waals surface area contributed by atoms with Crippen molar-refractivity contribution in [2.24, 2.45) is 0 Å². The Morgan fingerprint density at radius 1 is 1.22 bits per heavy atom. The normalized spacial score (nSPS) is 14.6. The van der Waals surface area contributed by atoms with Gasteiger partial charge in [0.15, 0.2) is 0 Å². The number of nitrogens with one attached hydrogen (secondary N) is 1. The number of hydrogen-bond donors (Lipinski definition) is 2. The van der Waals surface area contributed by atoms with Gasteiger partial charge in [0.2, 0.25) is 0 Å². The number of hydrogen-bond acceptors (Lipinski definition) is 4. The van der Waals surface area contributed by atoms with E-state index >= 15 is 0 Å². The summed E-state index contributed by atoms with van der Waals surface area (Å²) >= 11 is 9.71. The molecule has 0 spiro atoms. The summed E-state index contributed by atoms with van der Waals surface area (Å²) in [5.41, 5.74) is 2.53. The molecule has 6 nitrogen and oxygen atoms in total. The van der Waals surface area contributed by atoms with Crippen molar-refractivity contribution >= 4 is 56.1 Å². The van der Waals surface area contributed by atoms with Gasteiger partial charge in [0, 0.05) is 47.4 Å². The number of pyridine rings is 1. The van der Waals surface area contributed by atoms with Crippen molar-refractivity contribution in [3.8, 4) is 0 Å². The molecule has 1 aromatic heterocycles. The van der Waals surface area contributed by atoms with Gasteiger partial charge in [-0.3, -0.25) is 9.59 Å². The van der Waals surface area contributed by atoms with Crippen LogP contribution in [0.5, 0.6) is 0 Å². The highest BCUT2D eigenvalue weighted by molar-refractivity contribution is 9.10. The van der Waals surface area contributed by atoms with Gasteiger partial charge < -0.3 is 15.3 Å². The summed E-state index contributed by atoms with van der Waals surface area (Å²) in [6.45, 7) is 3.82. The fourth-order valence-corrected chi connectivity index (χ4v) is 5.47. The van der Waals surface area contributed by atoms with Gasteiger partial charge in [0.25, 0.3) is 5.91 Å². The van der Waals surface area contributed by atoms with E-state index in [1.807, 2.05) is 25.1 Å². The summed E-state index contributed by atoms with van der Waals surface area (Å²) in [6.07, 6.45) is 3.43. The zero-order chi connectivity index (χ0) is 25.8. The Morgan fingerprint density at radius 3 is 2.69 bits per heavy atom. The van der Waals surface area contributed by atoms with Gasteiger partial charge in [0.05, 0.1) is 16.1 Å². The van der Waals surface area contributed by atoms with E-state index in [9.17, 15) is 19.1 Å². The first-order chi connectivity index (χ1) is 17.3. The van der Waals surface area contributed by atoms with Crippen molar-refractivity contribution in [1.82, 2.24) is 10.3 Å². The molecule has 36 heavy (non-hydrogen) atoms. The number of amides is 1. The number of carbonyl (C=O) groups excluding carboxylic acids is 1. The predicted molar refractivity (Wildman–Crippen MR) is 144 cm³/mol. The van der Waals surface area contributed by atoms with Crippen LogP contribution in [0.2, 0.25) is 5.02 Å². The van der Waals surface area contributed by atoms with E-state index in [1.165, 1.54) is 18.6 Å². The molecule has 190 valence electrons. The zero-order valence-corrected chi connectivity index (χ0v) is 22.3. The first-order valence-electron chi connectivity index (χ1n) is 12.0. The number of benzene rings is 2. The van der Waals surface area contributed by atoms with Crippen LogP contribution in [0.3, 0.4) is 0 Å². The zero-order valence-electron chi connectivity index (χ0n) is 20.0. The minimum absolute atomic E-state index is 0.0519. The highest BCUT2D eigenvalue weighted by Crippen LogP contribution is 2.33. The maximum atomic E-state index is 14.1. The third kappa shape index (κ3) is 5.81. The van der Waals surface area contributed by atoms with Crippen molar-refractivity contribution in [3.05, 3.63) is 68.4 Å². The fourth-order valence-electron chi connectivity index (χ4n) is 4.83. The molecule has 1 aliphatic heterocycles. The van der Waals surface area contributed by atoms with Crippen LogP contribution in [0.4, 0.5) is 10.2 Å². The van der Waals surface area contributed by atoms with Crippen LogP contribution in [0.1, 0.15) is 59.5 Å². The molecule has 0 saturated carbocycles. The minimum Gasteiger partial charge on any atom is -0.481 e. The number of carboxylic acids is 1. The van der Waals surface area contributed by atoms with E-state index in [4.69, 9.17) is 16.6 Å². The Labute approximate surface area is 223 Å². The average Bonchev–Trinajstić information content (AvgIpc) is 2.86. The van der Waals surface area contributed by atoms with E-state index in [0.29, 0.717) is 11.1 Å². The number of carboxylic acid groups (broad SMARTS) is 1. The molecule has 9 heteroatoms. The summed E-state index contributed by atoms with van der Waals surface area (Å²) in [7, 11) is 0. The maximum Gasteiger partial charge on any atom is 0.303 e. The van der Waals surface area contributed by atoms with Crippen LogP contribution >= 0.6 is 27.5 Å². The second kappa shape index (κ2) is 11.6. The summed E-state index contributed by atoms with van der Waals surface area (Å²) in [6, 6.07) is 10.1. The molecule has 1 saturated heterocycles. The number of aliphatic carboxylic acids is 1. The molecule has 3 aromatic rings. The van der Waals surface area contributed by atoms with Crippen molar-refractivity contribution in [2.45, 2.75) is 44.9 Å². The van der Waals surface area contributed by atoms with Gasteiger partial charge in [-0.25, -0.2) is 9.37 Å². The SMILES string of the molecule is Cc1c(N2CCCCC2)nc2ccc(Br)cc2c1C(=O)NC[C@H](CCC(=O)O)c1cccc(F)c1Cl. The van der Waals surface area contributed by atoms with Crippen molar-refractivity contribution < 1.29 is 19.1 Å². The Balaban J connectivity index is 1.68. The molecule has 4 rings (SSSR count). The number of carbonyl (C=O) groups is 2. The van der Waals surface area contributed by atoms with Crippen molar-refractivity contribution in [2.75, 3.05) is 24.5 Å². The lowest BCUT2D eigenvalue weighted by molar-refractivity contribution is -0.137. The van der Waals surface area contributed by atoms with Gasteiger partial charge in [-0.2, -0.15) is 0 Å². The molecular formula is C27H28BrClFN3O3.